The first-order valence-electron chi connectivity index (χ1n) is 9.27. The molecule has 1 amide bonds. The van der Waals surface area contributed by atoms with Gasteiger partial charge in [0.05, 0.1) is 11.5 Å². The van der Waals surface area contributed by atoms with Crippen LogP contribution in [0.5, 0.6) is 5.75 Å². The molecule has 1 N–H and O–H groups in total. The van der Waals surface area contributed by atoms with Crippen LogP contribution in [0.3, 0.4) is 0 Å². The summed E-state index contributed by atoms with van der Waals surface area (Å²) < 4.78 is 28.4. The van der Waals surface area contributed by atoms with E-state index < -0.39 is 9.84 Å². The molecule has 1 aliphatic heterocycles. The fraction of sp³-hybridized carbons (Fsp3) is 0.381. The molecule has 1 atom stereocenters. The normalized spacial score (nSPS) is 18.1. The lowest BCUT2D eigenvalue weighted by molar-refractivity contribution is -0.123. The van der Waals surface area contributed by atoms with Crippen molar-refractivity contribution < 1.29 is 17.9 Å². The Morgan fingerprint density at radius 2 is 1.74 bits per heavy atom. The van der Waals surface area contributed by atoms with Gasteiger partial charge in [0.2, 0.25) is 0 Å². The average molecular weight is 388 g/mol. The van der Waals surface area contributed by atoms with E-state index in [1.165, 1.54) is 0 Å². The molecule has 3 rings (SSSR count). The van der Waals surface area contributed by atoms with Crippen molar-refractivity contribution in [2.75, 3.05) is 24.7 Å². The molecular formula is C21H25NO4S. The van der Waals surface area contributed by atoms with Crippen LogP contribution >= 0.6 is 0 Å². The first-order valence-corrected chi connectivity index (χ1v) is 11.1. The number of benzene rings is 2. The molecule has 5 nitrogen and oxygen atoms in total. The molecule has 2 aromatic carbocycles. The number of sulfone groups is 1. The van der Waals surface area contributed by atoms with Gasteiger partial charge in [-0.05, 0) is 48.4 Å². The van der Waals surface area contributed by atoms with Crippen LogP contribution < -0.4 is 10.1 Å². The summed E-state index contributed by atoms with van der Waals surface area (Å²) in [4.78, 5) is 11.9. The zero-order chi connectivity index (χ0) is 19.1. The van der Waals surface area contributed by atoms with E-state index in [1.807, 2.05) is 54.6 Å². The highest BCUT2D eigenvalue weighted by Gasteiger charge is 2.27. The third kappa shape index (κ3) is 6.10. The smallest absolute Gasteiger partial charge is 0.257 e. The van der Waals surface area contributed by atoms with Crippen molar-refractivity contribution >= 4 is 15.7 Å². The number of hydrogen-bond donors (Lipinski definition) is 1. The van der Waals surface area contributed by atoms with Crippen molar-refractivity contribution in [2.45, 2.75) is 19.3 Å². The lowest BCUT2D eigenvalue weighted by Gasteiger charge is -2.10. The first-order chi connectivity index (χ1) is 13.0. The summed E-state index contributed by atoms with van der Waals surface area (Å²) in [7, 11) is -2.82. The van der Waals surface area contributed by atoms with Crippen LogP contribution in [0.15, 0.2) is 54.6 Å². The van der Waals surface area contributed by atoms with Gasteiger partial charge >= 0.3 is 0 Å². The number of ether oxygens (including phenoxy) is 1. The second kappa shape index (κ2) is 9.04. The Hall–Kier alpha value is -2.34. The average Bonchev–Trinajstić information content (AvgIpc) is 3.03. The predicted molar refractivity (Wildman–Crippen MR) is 106 cm³/mol. The second-order valence-electron chi connectivity index (χ2n) is 6.94. The largest absolute Gasteiger partial charge is 0.484 e. The van der Waals surface area contributed by atoms with Crippen LogP contribution in [-0.4, -0.2) is 39.0 Å². The molecule has 2 aromatic rings. The summed E-state index contributed by atoms with van der Waals surface area (Å²) in [6.45, 7) is 0.522. The third-order valence-electron chi connectivity index (χ3n) is 4.77. The van der Waals surface area contributed by atoms with Crippen molar-refractivity contribution in [3.8, 4) is 16.9 Å². The standard InChI is InChI=1S/C21H25NO4S/c23-21(22-13-4-5-17-12-14-27(24,25)16-17)15-26-20-10-8-19(9-11-20)18-6-2-1-3-7-18/h1-3,6-11,17H,4-5,12-16H2,(H,22,23). The van der Waals surface area contributed by atoms with Crippen molar-refractivity contribution in [1.29, 1.82) is 0 Å². The van der Waals surface area contributed by atoms with Gasteiger partial charge in [-0.25, -0.2) is 8.42 Å². The van der Waals surface area contributed by atoms with Gasteiger partial charge in [-0.3, -0.25) is 4.79 Å². The molecule has 0 spiro atoms. The molecule has 1 aliphatic rings. The monoisotopic (exact) mass is 387 g/mol. The van der Waals surface area contributed by atoms with E-state index >= 15 is 0 Å². The van der Waals surface area contributed by atoms with Crippen molar-refractivity contribution in [2.24, 2.45) is 5.92 Å². The van der Waals surface area contributed by atoms with Gasteiger partial charge < -0.3 is 10.1 Å². The molecule has 1 unspecified atom stereocenters. The summed E-state index contributed by atoms with van der Waals surface area (Å²) in [5.41, 5.74) is 2.23. The number of carbonyl (C=O) groups excluding carboxylic acids is 1. The van der Waals surface area contributed by atoms with Crippen LogP contribution in [0.25, 0.3) is 11.1 Å². The van der Waals surface area contributed by atoms with E-state index in [9.17, 15) is 13.2 Å². The van der Waals surface area contributed by atoms with Crippen LogP contribution in [-0.2, 0) is 14.6 Å². The van der Waals surface area contributed by atoms with E-state index in [0.29, 0.717) is 23.8 Å². The molecular weight excluding hydrogens is 362 g/mol. The van der Waals surface area contributed by atoms with Gasteiger partial charge in [0.1, 0.15) is 5.75 Å². The Kier molecular flexibility index (Phi) is 6.50. The van der Waals surface area contributed by atoms with Crippen LogP contribution in [0.2, 0.25) is 0 Å². The van der Waals surface area contributed by atoms with Gasteiger partial charge in [0.25, 0.3) is 5.91 Å². The maximum Gasteiger partial charge on any atom is 0.257 e. The molecule has 144 valence electrons. The maximum atomic E-state index is 11.9. The van der Waals surface area contributed by atoms with Gasteiger partial charge in [-0.2, -0.15) is 0 Å². The Morgan fingerprint density at radius 3 is 2.41 bits per heavy atom. The number of amides is 1. The van der Waals surface area contributed by atoms with Crippen LogP contribution in [0, 0.1) is 5.92 Å². The fourth-order valence-corrected chi connectivity index (χ4v) is 5.20. The van der Waals surface area contributed by atoms with E-state index in [2.05, 4.69) is 5.32 Å². The quantitative estimate of drug-likeness (QED) is 0.707. The molecule has 0 aliphatic carbocycles. The number of nitrogens with one attached hydrogen (secondary N) is 1. The van der Waals surface area contributed by atoms with E-state index in [-0.39, 0.29) is 18.4 Å². The van der Waals surface area contributed by atoms with E-state index in [4.69, 9.17) is 4.74 Å². The zero-order valence-electron chi connectivity index (χ0n) is 15.3. The first kappa shape index (κ1) is 19.4. The highest BCUT2D eigenvalue weighted by atomic mass is 32.2. The Balaban J connectivity index is 1.34. The van der Waals surface area contributed by atoms with Gasteiger partial charge in [-0.1, -0.05) is 42.5 Å². The van der Waals surface area contributed by atoms with Gasteiger partial charge in [0, 0.05) is 6.54 Å². The predicted octanol–water partition coefficient (Wildman–Crippen LogP) is 3.06. The molecule has 0 bridgehead atoms. The summed E-state index contributed by atoms with van der Waals surface area (Å²) in [5.74, 6) is 1.33. The molecule has 27 heavy (non-hydrogen) atoms. The fourth-order valence-electron chi connectivity index (χ4n) is 3.29. The van der Waals surface area contributed by atoms with Crippen molar-refractivity contribution in [3.05, 3.63) is 54.6 Å². The number of hydrogen-bond acceptors (Lipinski definition) is 4. The minimum absolute atomic E-state index is 0.0253. The Morgan fingerprint density at radius 1 is 1.04 bits per heavy atom. The molecule has 1 heterocycles. The molecule has 0 aromatic heterocycles. The van der Waals surface area contributed by atoms with Gasteiger partial charge in [-0.15, -0.1) is 0 Å². The molecule has 6 heteroatoms. The lowest BCUT2D eigenvalue weighted by Crippen LogP contribution is -2.30. The molecule has 0 saturated carbocycles. The summed E-state index contributed by atoms with van der Waals surface area (Å²) in [6, 6.07) is 17.7. The van der Waals surface area contributed by atoms with Crippen molar-refractivity contribution in [1.82, 2.24) is 5.32 Å². The second-order valence-corrected chi connectivity index (χ2v) is 9.17. The summed E-state index contributed by atoms with van der Waals surface area (Å²) in [5, 5.41) is 2.82. The van der Waals surface area contributed by atoms with E-state index in [1.54, 1.807) is 0 Å². The molecule has 0 radical (unpaired) electrons. The SMILES string of the molecule is O=C(COc1ccc(-c2ccccc2)cc1)NCCCC1CCS(=O)(=O)C1. The summed E-state index contributed by atoms with van der Waals surface area (Å²) >= 11 is 0. The number of carbonyl (C=O) groups is 1. The Bertz CT molecular complexity index is 848. The highest BCUT2D eigenvalue weighted by molar-refractivity contribution is 7.91. The maximum absolute atomic E-state index is 11.9. The number of rotatable bonds is 8. The van der Waals surface area contributed by atoms with Crippen molar-refractivity contribution in [3.63, 3.8) is 0 Å². The lowest BCUT2D eigenvalue weighted by atomic mass is 10.0. The molecule has 1 saturated heterocycles. The topological polar surface area (TPSA) is 72.5 Å². The highest BCUT2D eigenvalue weighted by Crippen LogP contribution is 2.23. The van der Waals surface area contributed by atoms with E-state index in [0.717, 1.165) is 30.4 Å². The summed E-state index contributed by atoms with van der Waals surface area (Å²) in [6.07, 6.45) is 2.37. The van der Waals surface area contributed by atoms with Crippen LogP contribution in [0.1, 0.15) is 19.3 Å². The minimum Gasteiger partial charge on any atom is -0.484 e. The molecule has 1 fully saturated rings. The minimum atomic E-state index is -2.82. The Labute approximate surface area is 160 Å². The van der Waals surface area contributed by atoms with Crippen LogP contribution in [0.4, 0.5) is 0 Å². The third-order valence-corrected chi connectivity index (χ3v) is 6.61. The zero-order valence-corrected chi connectivity index (χ0v) is 16.1. The van der Waals surface area contributed by atoms with Gasteiger partial charge in [0.15, 0.2) is 16.4 Å².